The van der Waals surface area contributed by atoms with Crippen molar-refractivity contribution in [3.63, 3.8) is 0 Å². The Labute approximate surface area is 78.4 Å². The summed E-state index contributed by atoms with van der Waals surface area (Å²) in [5, 5.41) is 10.3. The van der Waals surface area contributed by atoms with Crippen molar-refractivity contribution < 1.29 is 5.11 Å². The van der Waals surface area contributed by atoms with Crippen LogP contribution < -0.4 is 5.73 Å². The minimum Gasteiger partial charge on any atom is -0.384 e. The highest BCUT2D eigenvalue weighted by Gasteiger charge is 2.41. The van der Waals surface area contributed by atoms with Gasteiger partial charge in [0, 0.05) is 6.04 Å². The summed E-state index contributed by atoms with van der Waals surface area (Å²) in [7, 11) is 0. The molecular weight excluding hydrogens is 162 g/mol. The Hall–Kier alpha value is -0.860. The van der Waals surface area contributed by atoms with E-state index in [1.807, 2.05) is 31.2 Å². The molecule has 2 unspecified atom stereocenters. The maximum Gasteiger partial charge on any atom is 0.105 e. The van der Waals surface area contributed by atoms with Crippen molar-refractivity contribution in [2.24, 2.45) is 5.73 Å². The zero-order chi connectivity index (χ0) is 9.47. The van der Waals surface area contributed by atoms with E-state index in [0.29, 0.717) is 6.42 Å². The lowest BCUT2D eigenvalue weighted by Crippen LogP contribution is -2.41. The average molecular weight is 177 g/mol. The topological polar surface area (TPSA) is 46.2 Å². The quantitative estimate of drug-likeness (QED) is 0.676. The fourth-order valence-corrected chi connectivity index (χ4v) is 2.18. The van der Waals surface area contributed by atoms with Crippen LogP contribution >= 0.6 is 0 Å². The van der Waals surface area contributed by atoms with Crippen LogP contribution in [0.4, 0.5) is 0 Å². The third-order valence-electron chi connectivity index (χ3n) is 3.08. The Morgan fingerprint density at radius 3 is 2.92 bits per heavy atom. The molecule has 1 aliphatic rings. The van der Waals surface area contributed by atoms with E-state index in [9.17, 15) is 5.11 Å². The summed E-state index contributed by atoms with van der Waals surface area (Å²) in [5.74, 6) is 0. The first-order chi connectivity index (χ1) is 6.18. The Morgan fingerprint density at radius 2 is 2.23 bits per heavy atom. The van der Waals surface area contributed by atoms with Crippen LogP contribution in [0, 0.1) is 0 Å². The van der Waals surface area contributed by atoms with Crippen LogP contribution in [0.15, 0.2) is 24.3 Å². The summed E-state index contributed by atoms with van der Waals surface area (Å²) < 4.78 is 0. The number of hydrogen-bond donors (Lipinski definition) is 2. The van der Waals surface area contributed by atoms with Crippen LogP contribution in [0.25, 0.3) is 0 Å². The monoisotopic (exact) mass is 177 g/mol. The molecule has 2 atom stereocenters. The Bertz CT molecular complexity index is 324. The van der Waals surface area contributed by atoms with E-state index in [0.717, 1.165) is 12.0 Å². The normalized spacial score (nSPS) is 31.8. The molecule has 0 radical (unpaired) electrons. The first-order valence-corrected chi connectivity index (χ1v) is 4.75. The van der Waals surface area contributed by atoms with E-state index in [4.69, 9.17) is 5.73 Å². The van der Waals surface area contributed by atoms with Gasteiger partial charge in [0.05, 0.1) is 0 Å². The highest BCUT2D eigenvalue weighted by atomic mass is 16.3. The maximum absolute atomic E-state index is 10.3. The molecule has 13 heavy (non-hydrogen) atoms. The fraction of sp³-hybridized carbons (Fsp3) is 0.455. The first-order valence-electron chi connectivity index (χ1n) is 4.75. The average Bonchev–Trinajstić information content (AvgIpc) is 2.41. The zero-order valence-electron chi connectivity index (χ0n) is 7.83. The molecule has 0 aliphatic heterocycles. The van der Waals surface area contributed by atoms with Crippen LogP contribution in [-0.2, 0) is 12.0 Å². The van der Waals surface area contributed by atoms with Gasteiger partial charge in [-0.15, -0.1) is 0 Å². The van der Waals surface area contributed by atoms with Gasteiger partial charge in [0.25, 0.3) is 0 Å². The molecule has 1 aromatic rings. The summed E-state index contributed by atoms with van der Waals surface area (Å²) in [4.78, 5) is 0. The van der Waals surface area contributed by atoms with Crippen LogP contribution in [-0.4, -0.2) is 11.1 Å². The number of nitrogens with two attached hydrogens (primary N) is 1. The molecule has 3 N–H and O–H groups in total. The standard InChI is InChI=1S/C11H15NO/c1-2-11(13)9-6-4-3-5-8(9)7-10(11)12/h3-6,10,13H,2,7,12H2,1H3. The summed E-state index contributed by atoms with van der Waals surface area (Å²) in [6, 6.07) is 7.83. The van der Waals surface area contributed by atoms with Crippen molar-refractivity contribution in [3.05, 3.63) is 35.4 Å². The largest absolute Gasteiger partial charge is 0.384 e. The van der Waals surface area contributed by atoms with E-state index >= 15 is 0 Å². The molecule has 1 aromatic carbocycles. The molecule has 2 rings (SSSR count). The fourth-order valence-electron chi connectivity index (χ4n) is 2.18. The number of benzene rings is 1. The van der Waals surface area contributed by atoms with Crippen LogP contribution in [0.5, 0.6) is 0 Å². The summed E-state index contributed by atoms with van der Waals surface area (Å²) in [6.07, 6.45) is 1.48. The molecule has 0 amide bonds. The molecule has 2 nitrogen and oxygen atoms in total. The molecule has 0 saturated heterocycles. The SMILES string of the molecule is CCC1(O)c2ccccc2CC1N. The van der Waals surface area contributed by atoms with Gasteiger partial charge in [0.2, 0.25) is 0 Å². The van der Waals surface area contributed by atoms with E-state index in [1.165, 1.54) is 5.56 Å². The zero-order valence-corrected chi connectivity index (χ0v) is 7.83. The summed E-state index contributed by atoms with van der Waals surface area (Å²) >= 11 is 0. The van der Waals surface area contributed by atoms with Gasteiger partial charge in [-0.1, -0.05) is 31.2 Å². The number of hydrogen-bond acceptors (Lipinski definition) is 2. The van der Waals surface area contributed by atoms with Gasteiger partial charge in [-0.25, -0.2) is 0 Å². The van der Waals surface area contributed by atoms with Crippen LogP contribution in [0.3, 0.4) is 0 Å². The van der Waals surface area contributed by atoms with Gasteiger partial charge in [-0.3, -0.25) is 0 Å². The molecular formula is C11H15NO. The number of fused-ring (bicyclic) bond motifs is 1. The second kappa shape index (κ2) is 2.82. The van der Waals surface area contributed by atoms with E-state index in [1.54, 1.807) is 0 Å². The molecule has 0 saturated carbocycles. The van der Waals surface area contributed by atoms with E-state index in [2.05, 4.69) is 0 Å². The third kappa shape index (κ3) is 1.10. The van der Waals surface area contributed by atoms with Crippen molar-refractivity contribution >= 4 is 0 Å². The Morgan fingerprint density at radius 1 is 1.54 bits per heavy atom. The Kier molecular flexibility index (Phi) is 1.90. The molecule has 70 valence electrons. The van der Waals surface area contributed by atoms with Crippen LogP contribution in [0.2, 0.25) is 0 Å². The highest BCUT2D eigenvalue weighted by Crippen LogP contribution is 2.38. The van der Waals surface area contributed by atoms with Crippen LogP contribution in [0.1, 0.15) is 24.5 Å². The second-order valence-corrected chi connectivity index (χ2v) is 3.75. The molecule has 0 heterocycles. The second-order valence-electron chi connectivity index (χ2n) is 3.75. The van der Waals surface area contributed by atoms with E-state index in [-0.39, 0.29) is 6.04 Å². The van der Waals surface area contributed by atoms with Gasteiger partial charge in [0.15, 0.2) is 0 Å². The first kappa shape index (κ1) is 8.73. The van der Waals surface area contributed by atoms with E-state index < -0.39 is 5.60 Å². The van der Waals surface area contributed by atoms with Crippen molar-refractivity contribution in [1.29, 1.82) is 0 Å². The molecule has 0 fully saturated rings. The molecule has 0 spiro atoms. The predicted octanol–water partition coefficient (Wildman–Crippen LogP) is 1.17. The molecule has 0 bridgehead atoms. The minimum atomic E-state index is -0.795. The smallest absolute Gasteiger partial charge is 0.105 e. The lowest BCUT2D eigenvalue weighted by Gasteiger charge is -2.27. The highest BCUT2D eigenvalue weighted by molar-refractivity contribution is 5.39. The van der Waals surface area contributed by atoms with Crippen molar-refractivity contribution in [1.82, 2.24) is 0 Å². The number of rotatable bonds is 1. The third-order valence-corrected chi connectivity index (χ3v) is 3.08. The van der Waals surface area contributed by atoms with Gasteiger partial charge in [-0.05, 0) is 24.0 Å². The van der Waals surface area contributed by atoms with Gasteiger partial charge >= 0.3 is 0 Å². The Balaban J connectivity index is 2.52. The van der Waals surface area contributed by atoms with Crippen molar-refractivity contribution in [3.8, 4) is 0 Å². The number of aliphatic hydroxyl groups is 1. The van der Waals surface area contributed by atoms with Gasteiger partial charge < -0.3 is 10.8 Å². The molecule has 1 aliphatic carbocycles. The van der Waals surface area contributed by atoms with Gasteiger partial charge in [0.1, 0.15) is 5.60 Å². The molecule has 2 heteroatoms. The maximum atomic E-state index is 10.3. The lowest BCUT2D eigenvalue weighted by molar-refractivity contribution is 0.0173. The van der Waals surface area contributed by atoms with Gasteiger partial charge in [-0.2, -0.15) is 0 Å². The van der Waals surface area contributed by atoms with Crippen molar-refractivity contribution in [2.45, 2.75) is 31.4 Å². The summed E-state index contributed by atoms with van der Waals surface area (Å²) in [6.45, 7) is 1.97. The lowest BCUT2D eigenvalue weighted by atomic mass is 9.90. The molecule has 0 aromatic heterocycles. The summed E-state index contributed by atoms with van der Waals surface area (Å²) in [5.41, 5.74) is 7.34. The van der Waals surface area contributed by atoms with Crippen molar-refractivity contribution in [2.75, 3.05) is 0 Å². The minimum absolute atomic E-state index is 0.144. The predicted molar refractivity (Wildman–Crippen MR) is 52.3 cm³/mol.